The zero-order valence-electron chi connectivity index (χ0n) is 44.6. The van der Waals surface area contributed by atoms with Gasteiger partial charge in [-0.2, -0.15) is 15.3 Å². The lowest BCUT2D eigenvalue weighted by molar-refractivity contribution is 0.567. The minimum atomic E-state index is -3.58. The van der Waals surface area contributed by atoms with E-state index in [0.29, 0.717) is 28.4 Å². The molecule has 7 aromatic heterocycles. The van der Waals surface area contributed by atoms with Gasteiger partial charge in [-0.25, -0.2) is 39.9 Å². The van der Waals surface area contributed by atoms with Crippen LogP contribution in [0.2, 0.25) is 15.1 Å². The van der Waals surface area contributed by atoms with Crippen molar-refractivity contribution >= 4 is 97.3 Å². The fourth-order valence-electron chi connectivity index (χ4n) is 8.37. The Morgan fingerprint density at radius 1 is 0.622 bits per heavy atom. The molecular formula is C56H59Cl5N12O6S3. The van der Waals surface area contributed by atoms with Gasteiger partial charge in [0.25, 0.3) is 9.05 Å². The third-order valence-electron chi connectivity index (χ3n) is 13.1. The standard InChI is InChI=1S/C23H23ClN4O2S.C11H12ClN3O2S.C11H11ClN2.C8H10ClN.C3H3ClN2O2S/c1-16(18-3-2-4-20(24)9-18)15-31(29,30)22-10-25-28(14-22)13-21-12-27-11-19(17-5-6-17)7-8-23(27)26-21;1-8(9-3-2-4-10(12)5-9)15-18(16,17)11-6-13-14-7-11;12-5-10-7-14-6-9(8-1-2-8)3-4-11(14)13-10;1-6(10)7-3-2-4-8(9)5-7;4-9(7,8)3-1-5-6-2-3/h2-4,7-12,14,16-17H,5-6,13,15H2,1H3;2-8,15H,1H3,(H,13,14);3-4,6-8H,1-2,5H2;2-6H,10H2,1H3;1-2H,(H,5,6). The molecule has 2 fully saturated rings. The van der Waals surface area contributed by atoms with E-state index in [-0.39, 0.29) is 38.4 Å². The fraction of sp³-hybridized carbons (Fsp3) is 0.268. The summed E-state index contributed by atoms with van der Waals surface area (Å²) in [5.74, 6) is 1.79. The molecule has 2 aliphatic rings. The number of aromatic nitrogens is 10. The minimum Gasteiger partial charge on any atom is -0.324 e. The van der Waals surface area contributed by atoms with Crippen LogP contribution in [-0.2, 0) is 41.3 Å². The Morgan fingerprint density at radius 2 is 1.12 bits per heavy atom. The smallest absolute Gasteiger partial charge is 0.264 e. The summed E-state index contributed by atoms with van der Waals surface area (Å²) in [6, 6.07) is 30.1. The topological polar surface area (TPSA) is 250 Å². The maximum Gasteiger partial charge on any atom is 0.264 e. The van der Waals surface area contributed by atoms with Crippen molar-refractivity contribution in [3.05, 3.63) is 213 Å². The molecule has 2 saturated carbocycles. The third kappa shape index (κ3) is 17.7. The number of H-pyrrole nitrogens is 2. The van der Waals surface area contributed by atoms with E-state index in [1.807, 2.05) is 85.2 Å². The number of hydrogen-bond donors (Lipinski definition) is 4. The van der Waals surface area contributed by atoms with Crippen LogP contribution in [0.1, 0.15) is 115 Å². The zero-order chi connectivity index (χ0) is 58.8. The summed E-state index contributed by atoms with van der Waals surface area (Å²) >= 11 is 23.4. The van der Waals surface area contributed by atoms with Gasteiger partial charge in [0.1, 0.15) is 26.0 Å². The van der Waals surface area contributed by atoms with Crippen LogP contribution < -0.4 is 10.5 Å². The number of sulfonamides is 1. The van der Waals surface area contributed by atoms with E-state index in [9.17, 15) is 25.3 Å². The SMILES string of the molecule is CC(CS(=O)(=O)c1cnn(Cc2cn3cc(C4CC4)ccc3n2)c1)c1cccc(Cl)c1.CC(N)c1cccc(Cl)c1.CC(NS(=O)(=O)c1cn[nH]c1)c1cccc(Cl)c1.ClCc1cn2cc(C3CC3)ccc2n1.O=S(=O)(Cl)c1cn[nH]c1. The summed E-state index contributed by atoms with van der Waals surface area (Å²) in [7, 11) is -5.71. The molecule has 0 bridgehead atoms. The van der Waals surface area contributed by atoms with Crippen LogP contribution in [0.15, 0.2) is 174 Å². The molecule has 82 heavy (non-hydrogen) atoms. The Labute approximate surface area is 500 Å². The lowest BCUT2D eigenvalue weighted by atomic mass is 10.0. The number of nitrogens with two attached hydrogens (primary N) is 1. The van der Waals surface area contributed by atoms with Gasteiger partial charge in [-0.3, -0.25) is 14.9 Å². The lowest BCUT2D eigenvalue weighted by Gasteiger charge is -2.13. The number of nitrogens with zero attached hydrogens (tertiary/aromatic N) is 8. The lowest BCUT2D eigenvalue weighted by Crippen LogP contribution is -2.26. The number of alkyl halides is 1. The first-order valence-corrected chi connectivity index (χ1v) is 32.9. The number of nitrogens with one attached hydrogen (secondary N) is 3. The average Bonchev–Trinajstić information content (AvgIpc) is 4.24. The van der Waals surface area contributed by atoms with Crippen molar-refractivity contribution in [2.45, 2.75) is 103 Å². The molecule has 3 aromatic carbocycles. The fourth-order valence-corrected chi connectivity index (χ4v) is 12.4. The van der Waals surface area contributed by atoms with Gasteiger partial charge in [-0.15, -0.1) is 11.6 Å². The second-order valence-electron chi connectivity index (χ2n) is 19.8. The summed E-state index contributed by atoms with van der Waals surface area (Å²) < 4.78 is 78.8. The van der Waals surface area contributed by atoms with E-state index in [0.717, 1.165) is 56.5 Å². The molecule has 0 aliphatic heterocycles. The summed E-state index contributed by atoms with van der Waals surface area (Å²) in [6.45, 7) is 6.00. The van der Waals surface area contributed by atoms with E-state index in [2.05, 4.69) is 75.2 Å². The second kappa shape index (κ2) is 27.5. The van der Waals surface area contributed by atoms with Gasteiger partial charge in [0.2, 0.25) is 10.0 Å². The number of pyridine rings is 2. The van der Waals surface area contributed by atoms with Crippen molar-refractivity contribution < 1.29 is 25.3 Å². The van der Waals surface area contributed by atoms with Gasteiger partial charge < -0.3 is 14.5 Å². The average molecular weight is 1270 g/mol. The number of imidazole rings is 2. The number of sulfone groups is 1. The van der Waals surface area contributed by atoms with Gasteiger partial charge in [-0.05, 0) is 134 Å². The number of fused-ring (bicyclic) bond motifs is 2. The van der Waals surface area contributed by atoms with Gasteiger partial charge in [-0.1, -0.05) is 90.3 Å². The number of rotatable bonds is 15. The Hall–Kier alpha value is -6.11. The van der Waals surface area contributed by atoms with Crippen LogP contribution in [0.25, 0.3) is 11.3 Å². The van der Waals surface area contributed by atoms with Crippen LogP contribution in [0.3, 0.4) is 0 Å². The first-order chi connectivity index (χ1) is 39.0. The highest BCUT2D eigenvalue weighted by Gasteiger charge is 2.26. The van der Waals surface area contributed by atoms with Crippen LogP contribution in [-0.4, -0.2) is 80.0 Å². The van der Waals surface area contributed by atoms with Gasteiger partial charge in [0.05, 0.1) is 48.2 Å². The molecule has 0 radical (unpaired) electrons. The van der Waals surface area contributed by atoms with E-state index in [4.69, 9.17) is 62.8 Å². The molecule has 26 heteroatoms. The van der Waals surface area contributed by atoms with Crippen LogP contribution >= 0.6 is 57.1 Å². The molecule has 18 nitrogen and oxygen atoms in total. The Balaban J connectivity index is 0.000000146. The number of hydrogen-bond acceptors (Lipinski definition) is 12. The predicted octanol–water partition coefficient (Wildman–Crippen LogP) is 12.4. The molecule has 0 amide bonds. The summed E-state index contributed by atoms with van der Waals surface area (Å²) in [5, 5.41) is 18.0. The molecule has 3 atom stereocenters. The molecule has 3 unspecified atom stereocenters. The van der Waals surface area contributed by atoms with E-state index in [1.54, 1.807) is 42.1 Å². The Morgan fingerprint density at radius 3 is 1.60 bits per heavy atom. The first-order valence-electron chi connectivity index (χ1n) is 25.8. The highest BCUT2D eigenvalue weighted by atomic mass is 35.7. The second-order valence-corrected chi connectivity index (χ2v) is 27.7. The highest BCUT2D eigenvalue weighted by Crippen LogP contribution is 2.41. The Bertz CT molecular complexity index is 4080. The summed E-state index contributed by atoms with van der Waals surface area (Å²) in [6.07, 6.45) is 21.4. The molecular weight excluding hydrogens is 1210 g/mol. The molecule has 12 rings (SSSR count). The maximum atomic E-state index is 12.9. The highest BCUT2D eigenvalue weighted by molar-refractivity contribution is 8.13. The normalized spacial score (nSPS) is 14.5. The van der Waals surface area contributed by atoms with Crippen molar-refractivity contribution in [1.82, 2.24) is 53.7 Å². The molecule has 0 spiro atoms. The first kappa shape index (κ1) is 61.9. The Kier molecular flexibility index (Phi) is 20.8. The van der Waals surface area contributed by atoms with E-state index in [1.165, 1.54) is 61.6 Å². The van der Waals surface area contributed by atoms with E-state index < -0.39 is 28.9 Å². The number of benzene rings is 3. The minimum absolute atomic E-state index is 0.00264. The number of halogens is 5. The summed E-state index contributed by atoms with van der Waals surface area (Å²) in [5.41, 5.74) is 14.8. The predicted molar refractivity (Wildman–Crippen MR) is 322 cm³/mol. The van der Waals surface area contributed by atoms with E-state index >= 15 is 0 Å². The maximum absolute atomic E-state index is 12.9. The van der Waals surface area contributed by atoms with Crippen molar-refractivity contribution in [1.29, 1.82) is 0 Å². The molecule has 10 aromatic rings. The largest absolute Gasteiger partial charge is 0.324 e. The summed E-state index contributed by atoms with van der Waals surface area (Å²) in [4.78, 5) is 9.34. The van der Waals surface area contributed by atoms with Crippen molar-refractivity contribution in [2.24, 2.45) is 5.73 Å². The van der Waals surface area contributed by atoms with Gasteiger partial charge in [0, 0.05) is 81.2 Å². The zero-order valence-corrected chi connectivity index (χ0v) is 50.8. The molecule has 0 saturated heterocycles. The van der Waals surface area contributed by atoms with Gasteiger partial charge in [0.15, 0.2) is 9.84 Å². The molecule has 5 N–H and O–H groups in total. The van der Waals surface area contributed by atoms with Crippen molar-refractivity contribution in [2.75, 3.05) is 5.75 Å². The van der Waals surface area contributed by atoms with Crippen LogP contribution in [0.5, 0.6) is 0 Å². The monoisotopic (exact) mass is 1270 g/mol. The van der Waals surface area contributed by atoms with Crippen molar-refractivity contribution in [3.8, 4) is 0 Å². The number of aromatic amines is 2. The molecule has 2 aliphatic carbocycles. The van der Waals surface area contributed by atoms with Crippen molar-refractivity contribution in [3.63, 3.8) is 0 Å². The quantitative estimate of drug-likeness (QED) is 0.0553. The van der Waals surface area contributed by atoms with Gasteiger partial charge >= 0.3 is 0 Å². The van der Waals surface area contributed by atoms with Crippen LogP contribution in [0, 0.1) is 0 Å². The third-order valence-corrected chi connectivity index (χ3v) is 18.7. The molecule has 432 valence electrons. The van der Waals surface area contributed by atoms with Crippen LogP contribution in [0.4, 0.5) is 0 Å². The molecule has 7 heterocycles.